The Morgan fingerprint density at radius 3 is 2.47 bits per heavy atom. The molecule has 312 valence electrons. The van der Waals surface area contributed by atoms with Crippen molar-refractivity contribution in [2.75, 3.05) is 38.5 Å². The monoisotopic (exact) mass is 867 g/mol. The normalized spacial score (nSPS) is 23.3. The third-order valence-corrected chi connectivity index (χ3v) is 12.4. The number of hydrazone groups is 1. The molecule has 2 aromatic rings. The number of hydrazine groups is 1. The number of phenols is 2. The molecule has 0 aliphatic carbocycles. The van der Waals surface area contributed by atoms with Crippen LogP contribution in [0.5, 0.6) is 11.5 Å². The number of aliphatic carboxylic acids is 2. The van der Waals surface area contributed by atoms with Crippen LogP contribution in [0.3, 0.4) is 0 Å². The number of rotatable bonds is 14. The number of thioether (sulfide) groups is 1. The van der Waals surface area contributed by atoms with Gasteiger partial charge >= 0.3 is 18.0 Å². The summed E-state index contributed by atoms with van der Waals surface area (Å²) in [4.78, 5) is 88.1. The van der Waals surface area contributed by atoms with Crippen molar-refractivity contribution >= 4 is 86.9 Å². The van der Waals surface area contributed by atoms with Gasteiger partial charge in [0.1, 0.15) is 23.3 Å². The van der Waals surface area contributed by atoms with E-state index in [1.165, 1.54) is 25.3 Å². The lowest BCUT2D eigenvalue weighted by Gasteiger charge is -2.41. The van der Waals surface area contributed by atoms with E-state index >= 15 is 0 Å². The highest BCUT2D eigenvalue weighted by Crippen LogP contribution is 2.49. The molecular weight excluding hydrogens is 830 g/mol. The number of hydrogen-bond donors (Lipinski definition) is 10. The second kappa shape index (κ2) is 16.3. The molecule has 4 aliphatic rings. The number of piperidine rings is 1. The van der Waals surface area contributed by atoms with E-state index in [2.05, 4.69) is 36.7 Å². The van der Waals surface area contributed by atoms with Gasteiger partial charge < -0.3 is 51.6 Å². The third-order valence-electron chi connectivity index (χ3n) is 9.71. The predicted octanol–water partition coefficient (Wildman–Crippen LogP) is -1.36. The zero-order valence-electron chi connectivity index (χ0n) is 30.5. The number of carboxylic acids is 2. The highest BCUT2D eigenvalue weighted by Gasteiger charge is 2.66. The number of aliphatic hydroxyl groups is 1. The van der Waals surface area contributed by atoms with Crippen molar-refractivity contribution in [3.8, 4) is 11.5 Å². The van der Waals surface area contributed by atoms with Crippen molar-refractivity contribution in [2.24, 2.45) is 16.2 Å². The highest BCUT2D eigenvalue weighted by atomic mass is 35.5. The lowest BCUT2D eigenvalue weighted by Crippen LogP contribution is -2.68. The van der Waals surface area contributed by atoms with Crippen molar-refractivity contribution < 1.29 is 59.1 Å². The van der Waals surface area contributed by atoms with E-state index in [9.17, 15) is 54.3 Å². The number of nitrogens with zero attached hydrogens (tertiary/aromatic N) is 6. The molecule has 23 nitrogen and oxygen atoms in total. The predicted molar refractivity (Wildman–Crippen MR) is 204 cm³/mol. The number of β-lactam (4-membered cyclic amide) rings is 1. The molecule has 4 fully saturated rings. The smallest absolute Gasteiger partial charge is 0.350 e. The molecule has 6 rings (SSSR count). The summed E-state index contributed by atoms with van der Waals surface area (Å²) in [5, 5.41) is 65.1. The van der Waals surface area contributed by atoms with Crippen LogP contribution in [-0.2, 0) is 28.8 Å². The first kappa shape index (κ1) is 42.0. The Morgan fingerprint density at radius 2 is 1.83 bits per heavy atom. The molecule has 0 saturated carbocycles. The van der Waals surface area contributed by atoms with E-state index in [0.717, 1.165) is 32.2 Å². The lowest BCUT2D eigenvalue weighted by molar-refractivity contribution is -0.161. The van der Waals surface area contributed by atoms with Crippen LogP contribution in [0.15, 0.2) is 27.8 Å². The number of thiazole rings is 1. The van der Waals surface area contributed by atoms with Gasteiger partial charge in [0, 0.05) is 23.4 Å². The standard InChI is InChI=1S/C32H38ClN11O12S2/c1-31(2,27(51)52)56-41-19(15-11-57-29(34)36-15)23(48)37-20-25(50)42-12-32(28(53)54,58-26(20)42)43-9-10-44(30(43)55)40-24(49)18(14-3-4-16(45)21(46)17(14)33)38-39-22(47)13-5-7-35-8-6-13/h3-4,11,13,20,22,26,35,39,45-47H,5-10,12H2,1-2H3,(H2,34,36)(H,37,48)(H,40,49)(H,51,52)(H,53,54)/b38-18-,41-19-/t20-,22?,26-,32-/m1/s1. The summed E-state index contributed by atoms with van der Waals surface area (Å²) in [6, 6.07) is -0.0631. The first-order valence-electron chi connectivity index (χ1n) is 17.4. The first-order valence-corrected chi connectivity index (χ1v) is 19.6. The van der Waals surface area contributed by atoms with Crippen LogP contribution in [0.1, 0.15) is 37.9 Å². The van der Waals surface area contributed by atoms with E-state index in [1.807, 2.05) is 0 Å². The number of phenolic OH excluding ortho intramolecular Hbond substituents is 2. The minimum Gasteiger partial charge on any atom is -0.504 e. The minimum absolute atomic E-state index is 0.0482. The van der Waals surface area contributed by atoms with Gasteiger partial charge in [0.15, 0.2) is 28.1 Å². The maximum atomic E-state index is 13.9. The number of aromatic hydroxyl groups is 2. The van der Waals surface area contributed by atoms with Gasteiger partial charge in [0.05, 0.1) is 18.1 Å². The Hall–Kier alpha value is -5.63. The minimum atomic E-state index is -2.09. The van der Waals surface area contributed by atoms with Gasteiger partial charge in [-0.15, -0.1) is 11.3 Å². The number of aromatic nitrogens is 1. The molecule has 0 radical (unpaired) electrons. The lowest BCUT2D eigenvalue weighted by atomic mass is 9.97. The Balaban J connectivity index is 1.18. The Bertz CT molecular complexity index is 2100. The zero-order chi connectivity index (χ0) is 42.3. The highest BCUT2D eigenvalue weighted by molar-refractivity contribution is 8.02. The molecule has 4 atom stereocenters. The van der Waals surface area contributed by atoms with Crippen molar-refractivity contribution in [2.45, 2.75) is 54.8 Å². The fraction of sp³-hybridized carbons (Fsp3) is 0.469. The Kier molecular flexibility index (Phi) is 11.8. The van der Waals surface area contributed by atoms with Crippen molar-refractivity contribution in [1.29, 1.82) is 0 Å². The molecule has 58 heavy (non-hydrogen) atoms. The summed E-state index contributed by atoms with van der Waals surface area (Å²) in [5.41, 5.74) is 7.46. The molecule has 4 aliphatic heterocycles. The molecule has 11 N–H and O–H groups in total. The maximum Gasteiger partial charge on any atom is 0.350 e. The average Bonchev–Trinajstić information content (AvgIpc) is 3.89. The number of anilines is 1. The molecule has 5 heterocycles. The van der Waals surface area contributed by atoms with Crippen LogP contribution in [-0.4, -0.2) is 153 Å². The molecule has 5 amide bonds. The van der Waals surface area contributed by atoms with Crippen LogP contribution in [0.4, 0.5) is 9.93 Å². The number of oxime groups is 1. The van der Waals surface area contributed by atoms with E-state index in [-0.39, 0.29) is 35.4 Å². The van der Waals surface area contributed by atoms with Gasteiger partial charge in [-0.2, -0.15) is 5.10 Å². The topological polar surface area (TPSA) is 334 Å². The Morgan fingerprint density at radius 1 is 1.12 bits per heavy atom. The summed E-state index contributed by atoms with van der Waals surface area (Å²) >= 11 is 7.91. The number of hydrogen-bond acceptors (Lipinski definition) is 18. The summed E-state index contributed by atoms with van der Waals surface area (Å²) in [5.74, 6) is -7.24. The van der Waals surface area contributed by atoms with Gasteiger partial charge in [0.2, 0.25) is 16.4 Å². The first-order chi connectivity index (χ1) is 27.4. The molecule has 1 aromatic heterocycles. The summed E-state index contributed by atoms with van der Waals surface area (Å²) < 4.78 is 0. The van der Waals surface area contributed by atoms with Gasteiger partial charge in [-0.3, -0.25) is 30.1 Å². The Labute approximate surface area is 341 Å². The molecule has 1 unspecified atom stereocenters. The fourth-order valence-electron chi connectivity index (χ4n) is 6.33. The number of nitrogen functional groups attached to an aromatic ring is 1. The number of benzene rings is 1. The van der Waals surface area contributed by atoms with Crippen molar-refractivity contribution in [3.63, 3.8) is 0 Å². The number of carboxylic acid groups (broad SMARTS) is 2. The van der Waals surface area contributed by atoms with Gasteiger partial charge in [0.25, 0.3) is 11.8 Å². The van der Waals surface area contributed by atoms with Crippen LogP contribution in [0.25, 0.3) is 0 Å². The number of halogens is 1. The van der Waals surface area contributed by atoms with E-state index in [4.69, 9.17) is 22.2 Å². The molecule has 0 bridgehead atoms. The molecule has 0 spiro atoms. The number of aliphatic hydroxyl groups excluding tert-OH is 1. The van der Waals surface area contributed by atoms with Gasteiger partial charge in [-0.1, -0.05) is 28.5 Å². The summed E-state index contributed by atoms with van der Waals surface area (Å²) in [7, 11) is 0. The second-order valence-corrected chi connectivity index (χ2v) is 16.5. The zero-order valence-corrected chi connectivity index (χ0v) is 32.9. The van der Waals surface area contributed by atoms with Crippen LogP contribution < -0.4 is 27.2 Å². The van der Waals surface area contributed by atoms with Crippen LogP contribution in [0.2, 0.25) is 5.02 Å². The number of nitrogens with one attached hydrogen (secondary N) is 4. The largest absolute Gasteiger partial charge is 0.504 e. The van der Waals surface area contributed by atoms with E-state index in [0.29, 0.717) is 37.7 Å². The second-order valence-electron chi connectivity index (χ2n) is 13.9. The summed E-state index contributed by atoms with van der Waals surface area (Å²) in [6.45, 7) is 2.68. The number of amides is 5. The number of fused-ring (bicyclic) bond motifs is 1. The fourth-order valence-corrected chi connectivity index (χ4v) is 8.77. The van der Waals surface area contributed by atoms with Crippen LogP contribution >= 0.6 is 34.7 Å². The molecular formula is C32H38ClN11O12S2. The van der Waals surface area contributed by atoms with Crippen molar-refractivity contribution in [3.05, 3.63) is 33.8 Å². The number of carbonyl (C=O) groups excluding carboxylic acids is 4. The number of urea groups is 1. The summed E-state index contributed by atoms with van der Waals surface area (Å²) in [6.07, 6.45) is 0.00516. The van der Waals surface area contributed by atoms with E-state index in [1.54, 1.807) is 0 Å². The van der Waals surface area contributed by atoms with Gasteiger partial charge in [-0.05, 0) is 51.9 Å². The quantitative estimate of drug-likeness (QED) is 0.0344. The molecule has 4 saturated heterocycles. The average molecular weight is 868 g/mol. The van der Waals surface area contributed by atoms with Crippen molar-refractivity contribution in [1.82, 2.24) is 41.3 Å². The SMILES string of the molecule is CC(C)(O/N=C(\C(=O)N[C@@H]1C(=O)N2C[C@@](C(=O)O)(N3CCN(NC(=O)/C(=N\NC(O)C4CCNCC4)c4ccc(O)c(O)c4Cl)C3=O)S[C@H]12)c1csc(N)n1)C(=O)O. The molecule has 1 aromatic carbocycles. The van der Waals surface area contributed by atoms with Crippen LogP contribution in [0, 0.1) is 5.92 Å². The van der Waals surface area contributed by atoms with Gasteiger partial charge in [-0.25, -0.2) is 24.4 Å². The third kappa shape index (κ3) is 7.94. The van der Waals surface area contributed by atoms with E-state index < -0.39 is 98.3 Å². The number of nitrogens with two attached hydrogens (primary N) is 1. The molecule has 26 heteroatoms. The number of carbonyl (C=O) groups is 6. The maximum absolute atomic E-state index is 13.9.